The minimum absolute atomic E-state index is 0.219. The van der Waals surface area contributed by atoms with Crippen LogP contribution in [0.2, 0.25) is 0 Å². The van der Waals surface area contributed by atoms with Crippen molar-refractivity contribution in [1.82, 2.24) is 10.2 Å². The van der Waals surface area contributed by atoms with Gasteiger partial charge in [0.1, 0.15) is 5.75 Å². The van der Waals surface area contributed by atoms with Gasteiger partial charge in [-0.3, -0.25) is 4.90 Å². The van der Waals surface area contributed by atoms with Gasteiger partial charge in [-0.15, -0.1) is 13.2 Å². The molecule has 28 heavy (non-hydrogen) atoms. The van der Waals surface area contributed by atoms with Crippen molar-refractivity contribution in [2.24, 2.45) is 0 Å². The van der Waals surface area contributed by atoms with E-state index in [1.54, 1.807) is 6.07 Å². The molecule has 1 fully saturated rings. The lowest BCUT2D eigenvalue weighted by atomic mass is 9.91. The first kappa shape index (κ1) is 19.7. The number of benzene rings is 2. The average molecular weight is 378 g/mol. The van der Waals surface area contributed by atoms with Gasteiger partial charge in [0.05, 0.1) is 6.04 Å². The zero-order valence-corrected chi connectivity index (χ0v) is 15.9. The Morgan fingerprint density at radius 3 is 2.68 bits per heavy atom. The van der Waals surface area contributed by atoms with E-state index in [1.807, 2.05) is 42.5 Å². The SMILES string of the molecule is C=CCc1ccc(O)c(-c2ccc(C3CNCCN3C(=O)O)c(CC=C)c2)c1. The highest BCUT2D eigenvalue weighted by Crippen LogP contribution is 2.34. The van der Waals surface area contributed by atoms with E-state index < -0.39 is 6.09 Å². The number of rotatable bonds is 6. The number of aromatic hydroxyl groups is 1. The minimum Gasteiger partial charge on any atom is -0.507 e. The van der Waals surface area contributed by atoms with Crippen molar-refractivity contribution in [2.45, 2.75) is 18.9 Å². The third-order valence-electron chi connectivity index (χ3n) is 5.11. The molecule has 3 N–H and O–H groups in total. The van der Waals surface area contributed by atoms with Crippen LogP contribution in [0.5, 0.6) is 5.75 Å². The summed E-state index contributed by atoms with van der Waals surface area (Å²) < 4.78 is 0. The molecule has 3 rings (SSSR count). The molecular formula is C23H26N2O3. The third-order valence-corrected chi connectivity index (χ3v) is 5.11. The number of carboxylic acid groups (broad SMARTS) is 1. The van der Waals surface area contributed by atoms with Crippen LogP contribution in [0.1, 0.15) is 22.7 Å². The molecule has 1 amide bonds. The number of piperazine rings is 1. The van der Waals surface area contributed by atoms with Crippen LogP contribution in [-0.4, -0.2) is 40.8 Å². The second kappa shape index (κ2) is 8.76. The Morgan fingerprint density at radius 2 is 1.96 bits per heavy atom. The van der Waals surface area contributed by atoms with Crippen molar-refractivity contribution in [3.05, 3.63) is 78.4 Å². The molecule has 0 saturated carbocycles. The zero-order chi connectivity index (χ0) is 20.1. The molecule has 1 saturated heterocycles. The molecule has 1 heterocycles. The summed E-state index contributed by atoms with van der Waals surface area (Å²) >= 11 is 0. The molecular weight excluding hydrogens is 352 g/mol. The van der Waals surface area contributed by atoms with Gasteiger partial charge in [-0.25, -0.2) is 4.79 Å². The van der Waals surface area contributed by atoms with Crippen molar-refractivity contribution in [3.63, 3.8) is 0 Å². The van der Waals surface area contributed by atoms with Gasteiger partial charge in [0.2, 0.25) is 0 Å². The summed E-state index contributed by atoms with van der Waals surface area (Å²) in [6.45, 7) is 9.31. The molecule has 0 spiro atoms. The van der Waals surface area contributed by atoms with Crippen molar-refractivity contribution < 1.29 is 15.0 Å². The van der Waals surface area contributed by atoms with Crippen LogP contribution >= 0.6 is 0 Å². The number of nitrogens with one attached hydrogen (secondary N) is 1. The molecule has 2 aromatic rings. The van der Waals surface area contributed by atoms with Crippen molar-refractivity contribution in [3.8, 4) is 16.9 Å². The smallest absolute Gasteiger partial charge is 0.407 e. The average Bonchev–Trinajstić information content (AvgIpc) is 2.70. The lowest BCUT2D eigenvalue weighted by molar-refractivity contribution is 0.112. The quantitative estimate of drug-likeness (QED) is 0.661. The van der Waals surface area contributed by atoms with E-state index in [2.05, 4.69) is 18.5 Å². The Morgan fingerprint density at radius 1 is 1.18 bits per heavy atom. The molecule has 0 bridgehead atoms. The fourth-order valence-electron chi connectivity index (χ4n) is 3.75. The first-order valence-corrected chi connectivity index (χ1v) is 9.42. The molecule has 5 heteroatoms. The van der Waals surface area contributed by atoms with Crippen LogP contribution < -0.4 is 5.32 Å². The lowest BCUT2D eigenvalue weighted by Crippen LogP contribution is -2.48. The largest absolute Gasteiger partial charge is 0.507 e. The molecule has 2 aromatic carbocycles. The molecule has 1 aliphatic rings. The van der Waals surface area contributed by atoms with Crippen molar-refractivity contribution in [2.75, 3.05) is 19.6 Å². The lowest BCUT2D eigenvalue weighted by Gasteiger charge is -2.35. The molecule has 5 nitrogen and oxygen atoms in total. The molecule has 1 aliphatic heterocycles. The normalized spacial score (nSPS) is 16.6. The minimum atomic E-state index is -0.907. The van der Waals surface area contributed by atoms with Crippen LogP contribution in [0.4, 0.5) is 4.79 Å². The first-order chi connectivity index (χ1) is 13.5. The number of hydrogen-bond donors (Lipinski definition) is 3. The second-order valence-corrected chi connectivity index (χ2v) is 6.95. The Balaban J connectivity index is 2.04. The molecule has 0 radical (unpaired) electrons. The summed E-state index contributed by atoms with van der Waals surface area (Å²) in [5, 5.41) is 23.2. The van der Waals surface area contributed by atoms with E-state index >= 15 is 0 Å². The maximum absolute atomic E-state index is 11.7. The molecule has 146 valence electrons. The molecule has 0 aromatic heterocycles. The Kier molecular flexibility index (Phi) is 6.16. The monoisotopic (exact) mass is 378 g/mol. The highest BCUT2D eigenvalue weighted by molar-refractivity contribution is 5.72. The van der Waals surface area contributed by atoms with E-state index in [4.69, 9.17) is 0 Å². The Labute approximate surface area is 165 Å². The maximum atomic E-state index is 11.7. The van der Waals surface area contributed by atoms with Crippen molar-refractivity contribution >= 4 is 6.09 Å². The Bertz CT molecular complexity index is 891. The summed E-state index contributed by atoms with van der Waals surface area (Å²) in [4.78, 5) is 13.2. The van der Waals surface area contributed by atoms with Crippen LogP contribution in [0.3, 0.4) is 0 Å². The predicted octanol–water partition coefficient (Wildman–Crippen LogP) is 4.14. The van der Waals surface area contributed by atoms with E-state index in [0.717, 1.165) is 34.2 Å². The highest BCUT2D eigenvalue weighted by Gasteiger charge is 2.29. The third kappa shape index (κ3) is 4.10. The van der Waals surface area contributed by atoms with E-state index in [1.165, 1.54) is 4.90 Å². The van der Waals surface area contributed by atoms with Gasteiger partial charge in [0.25, 0.3) is 0 Å². The molecule has 1 unspecified atom stereocenters. The van der Waals surface area contributed by atoms with E-state index in [9.17, 15) is 15.0 Å². The van der Waals surface area contributed by atoms with Gasteiger partial charge in [-0.05, 0) is 47.2 Å². The number of nitrogens with zero attached hydrogens (tertiary/aromatic N) is 1. The number of amides is 1. The number of allylic oxidation sites excluding steroid dienone is 2. The number of phenolic OH excluding ortho intramolecular Hbond substituents is 1. The van der Waals surface area contributed by atoms with Gasteiger partial charge >= 0.3 is 6.09 Å². The van der Waals surface area contributed by atoms with Gasteiger partial charge in [-0.1, -0.05) is 36.4 Å². The van der Waals surface area contributed by atoms with Crippen LogP contribution in [0.15, 0.2) is 61.7 Å². The predicted molar refractivity (Wildman–Crippen MR) is 112 cm³/mol. The van der Waals surface area contributed by atoms with Crippen LogP contribution in [0, 0.1) is 0 Å². The Hall–Kier alpha value is -3.05. The van der Waals surface area contributed by atoms with E-state index in [0.29, 0.717) is 26.1 Å². The standard InChI is InChI=1S/C23H26N2O3/c1-3-5-16-7-10-22(26)20(13-16)18-8-9-19(17(14-18)6-4-2)21-15-24-11-12-25(21)23(27)28/h3-4,7-10,13-14,21,24,26H,1-2,5-6,11-12,15H2,(H,27,28). The summed E-state index contributed by atoms with van der Waals surface area (Å²) in [6.07, 6.45) is 4.10. The zero-order valence-electron chi connectivity index (χ0n) is 15.9. The maximum Gasteiger partial charge on any atom is 0.407 e. The number of phenols is 1. The summed E-state index contributed by atoms with van der Waals surface area (Å²) in [5.41, 5.74) is 4.72. The van der Waals surface area contributed by atoms with Crippen molar-refractivity contribution in [1.29, 1.82) is 0 Å². The topological polar surface area (TPSA) is 72.8 Å². The van der Waals surface area contributed by atoms with Gasteiger partial charge in [-0.2, -0.15) is 0 Å². The summed E-state index contributed by atoms with van der Waals surface area (Å²) in [6, 6.07) is 11.3. The van der Waals surface area contributed by atoms with Gasteiger partial charge in [0.15, 0.2) is 0 Å². The fraction of sp³-hybridized carbons (Fsp3) is 0.261. The number of carbonyl (C=O) groups is 1. The van der Waals surface area contributed by atoms with E-state index in [-0.39, 0.29) is 11.8 Å². The first-order valence-electron chi connectivity index (χ1n) is 9.42. The number of hydrogen-bond acceptors (Lipinski definition) is 3. The summed E-state index contributed by atoms with van der Waals surface area (Å²) in [7, 11) is 0. The molecule has 1 atom stereocenters. The van der Waals surface area contributed by atoms with Gasteiger partial charge in [0, 0.05) is 25.2 Å². The van der Waals surface area contributed by atoms with Crippen LogP contribution in [0.25, 0.3) is 11.1 Å². The van der Waals surface area contributed by atoms with Crippen LogP contribution in [-0.2, 0) is 12.8 Å². The highest BCUT2D eigenvalue weighted by atomic mass is 16.4. The molecule has 0 aliphatic carbocycles. The van der Waals surface area contributed by atoms with Gasteiger partial charge < -0.3 is 15.5 Å². The second-order valence-electron chi connectivity index (χ2n) is 6.95. The fourth-order valence-corrected chi connectivity index (χ4v) is 3.75. The summed E-state index contributed by atoms with van der Waals surface area (Å²) in [5.74, 6) is 0.219.